The number of aromatic amines is 1. The molecule has 1 aromatic heterocycles. The third-order valence-corrected chi connectivity index (χ3v) is 8.95. The Kier molecular flexibility index (Phi) is 10.2. The van der Waals surface area contributed by atoms with Crippen LogP contribution in [0.4, 0.5) is 10.1 Å². The molecule has 0 saturated carbocycles. The Morgan fingerprint density at radius 1 is 0.918 bits per heavy atom. The van der Waals surface area contributed by atoms with Gasteiger partial charge in [-0.15, -0.1) is 11.6 Å². The van der Waals surface area contributed by atoms with Gasteiger partial charge < -0.3 is 24.8 Å². The smallest absolute Gasteiger partial charge is 0.272 e. The summed E-state index contributed by atoms with van der Waals surface area (Å²) in [4.78, 5) is 67.5. The fourth-order valence-corrected chi connectivity index (χ4v) is 6.30. The summed E-state index contributed by atoms with van der Waals surface area (Å²) in [5.41, 5.74) is 2.58. The zero-order chi connectivity index (χ0) is 34.5. The lowest BCUT2D eigenvalue weighted by Gasteiger charge is -2.35. The maximum Gasteiger partial charge on any atom is 0.272 e. The first kappa shape index (κ1) is 33.6. The van der Waals surface area contributed by atoms with E-state index in [0.717, 1.165) is 24.1 Å². The Bertz CT molecular complexity index is 1980. The van der Waals surface area contributed by atoms with E-state index in [1.807, 2.05) is 0 Å². The summed E-state index contributed by atoms with van der Waals surface area (Å²) in [6.07, 6.45) is 1.84. The fourth-order valence-electron chi connectivity index (χ4n) is 6.16. The van der Waals surface area contributed by atoms with Crippen LogP contribution in [0.15, 0.2) is 65.5 Å². The van der Waals surface area contributed by atoms with Gasteiger partial charge in [0.05, 0.1) is 23.2 Å². The predicted octanol–water partition coefficient (Wildman–Crippen LogP) is 2.65. The molecule has 1 saturated heterocycles. The van der Waals surface area contributed by atoms with E-state index < -0.39 is 17.6 Å². The minimum absolute atomic E-state index is 0.0849. The Hall–Kier alpha value is -5.30. The molecule has 0 bridgehead atoms. The second-order valence-corrected chi connectivity index (χ2v) is 12.1. The van der Waals surface area contributed by atoms with Gasteiger partial charge in [0, 0.05) is 50.2 Å². The van der Waals surface area contributed by atoms with Gasteiger partial charge in [-0.05, 0) is 60.4 Å². The number of benzene rings is 3. The van der Waals surface area contributed by atoms with Crippen molar-refractivity contribution in [1.82, 2.24) is 25.3 Å². The molecule has 49 heavy (non-hydrogen) atoms. The van der Waals surface area contributed by atoms with Crippen LogP contribution in [0.25, 0.3) is 10.8 Å². The molecule has 2 aliphatic rings. The van der Waals surface area contributed by atoms with Gasteiger partial charge in [0.25, 0.3) is 17.4 Å². The number of carbonyl (C=O) groups is 4. The number of H-pyrrole nitrogens is 1. The van der Waals surface area contributed by atoms with Crippen molar-refractivity contribution < 1.29 is 28.3 Å². The number of ether oxygens (including phenoxy) is 1. The van der Waals surface area contributed by atoms with Gasteiger partial charge in [0.1, 0.15) is 17.4 Å². The number of hydrogen-bond donors (Lipinski definition) is 2. The van der Waals surface area contributed by atoms with Crippen molar-refractivity contribution in [2.75, 3.05) is 56.7 Å². The van der Waals surface area contributed by atoms with E-state index in [1.54, 1.807) is 58.3 Å². The Morgan fingerprint density at radius 3 is 2.45 bits per heavy atom. The molecule has 2 N–H and O–H groups in total. The number of hydrogen-bond acceptors (Lipinski definition) is 7. The number of alkyl halides is 1. The normalized spacial score (nSPS) is 14.4. The summed E-state index contributed by atoms with van der Waals surface area (Å²) in [6, 6.07) is 16.6. The molecule has 3 heterocycles. The van der Waals surface area contributed by atoms with E-state index in [4.69, 9.17) is 16.3 Å². The number of fused-ring (bicyclic) bond motifs is 2. The molecule has 3 aromatic carbocycles. The van der Waals surface area contributed by atoms with E-state index in [1.165, 1.54) is 17.0 Å². The third-order valence-electron chi connectivity index (χ3n) is 8.72. The van der Waals surface area contributed by atoms with E-state index in [-0.39, 0.29) is 74.6 Å². The number of nitrogens with one attached hydrogen (secondary N) is 2. The molecule has 14 heteroatoms. The Labute approximate surface area is 285 Å². The molecule has 0 atom stereocenters. The second kappa shape index (κ2) is 14.9. The molecule has 12 nitrogen and oxygen atoms in total. The summed E-state index contributed by atoms with van der Waals surface area (Å²) in [6.45, 7) is 0.919. The van der Waals surface area contributed by atoms with Crippen LogP contribution < -0.4 is 20.5 Å². The molecule has 4 aromatic rings. The summed E-state index contributed by atoms with van der Waals surface area (Å²) in [5, 5.41) is 10.4. The van der Waals surface area contributed by atoms with Gasteiger partial charge in [-0.25, -0.2) is 9.49 Å². The van der Waals surface area contributed by atoms with Crippen LogP contribution in [-0.2, 0) is 27.2 Å². The molecule has 254 valence electrons. The summed E-state index contributed by atoms with van der Waals surface area (Å²) in [5.74, 6) is -1.72. The first-order chi connectivity index (χ1) is 23.7. The summed E-state index contributed by atoms with van der Waals surface area (Å²) in [7, 11) is 0. The van der Waals surface area contributed by atoms with E-state index in [0.29, 0.717) is 34.3 Å². The molecular weight excluding hydrogens is 655 g/mol. The largest absolute Gasteiger partial charge is 0.484 e. The number of carbonyl (C=O) groups excluding carboxylic acids is 4. The van der Waals surface area contributed by atoms with Gasteiger partial charge in [0.15, 0.2) is 6.61 Å². The molecule has 0 radical (unpaired) electrons. The van der Waals surface area contributed by atoms with Gasteiger partial charge in [-0.2, -0.15) is 5.10 Å². The van der Waals surface area contributed by atoms with Crippen LogP contribution in [0.2, 0.25) is 0 Å². The molecular formula is C35H34ClFN6O6. The van der Waals surface area contributed by atoms with Crippen LogP contribution in [0.3, 0.4) is 0 Å². The summed E-state index contributed by atoms with van der Waals surface area (Å²) >= 11 is 5.73. The van der Waals surface area contributed by atoms with Crippen molar-refractivity contribution in [3.8, 4) is 5.75 Å². The Morgan fingerprint density at radius 2 is 1.67 bits per heavy atom. The standard InChI is InChI=1S/C35H34ClFN6O6/c36-19-32(45)43-11-3-4-23-18-24(8-10-30(23)43)49-21-31(44)38-20-33(46)41-12-14-42(15-13-41)35(48)27-16-22(7-9-28(27)37)17-29-25-5-1-2-6-26(25)34(47)40-39-29/h1-2,5-10,16,18H,3-4,11-15,17,19-21H2,(H,38,44)(H,40,47). The number of rotatable bonds is 9. The van der Waals surface area contributed by atoms with Crippen LogP contribution in [-0.4, -0.2) is 95.4 Å². The van der Waals surface area contributed by atoms with Crippen molar-refractivity contribution in [3.05, 3.63) is 99.2 Å². The number of piperazine rings is 1. The van der Waals surface area contributed by atoms with Crippen molar-refractivity contribution in [1.29, 1.82) is 0 Å². The SMILES string of the molecule is O=C(COc1ccc2c(c1)CCCN2C(=O)CCl)NCC(=O)N1CCN(C(=O)c2cc(Cc3n[nH]c(=O)c4ccccc34)ccc2F)CC1. The monoisotopic (exact) mass is 688 g/mol. The number of anilines is 1. The maximum atomic E-state index is 14.9. The fraction of sp³-hybridized carbons (Fsp3) is 0.314. The molecule has 2 aliphatic heterocycles. The van der Waals surface area contributed by atoms with Crippen molar-refractivity contribution >= 4 is 51.7 Å². The highest BCUT2D eigenvalue weighted by Crippen LogP contribution is 2.31. The van der Waals surface area contributed by atoms with Gasteiger partial charge >= 0.3 is 0 Å². The second-order valence-electron chi connectivity index (χ2n) is 11.8. The average Bonchev–Trinajstić information content (AvgIpc) is 3.14. The highest BCUT2D eigenvalue weighted by Gasteiger charge is 2.27. The van der Waals surface area contributed by atoms with Crippen molar-refractivity contribution in [2.24, 2.45) is 0 Å². The maximum absolute atomic E-state index is 14.9. The van der Waals surface area contributed by atoms with Gasteiger partial charge in [-0.3, -0.25) is 24.0 Å². The predicted molar refractivity (Wildman–Crippen MR) is 180 cm³/mol. The van der Waals surface area contributed by atoms with Crippen LogP contribution in [0.5, 0.6) is 5.75 Å². The molecule has 0 unspecified atom stereocenters. The lowest BCUT2D eigenvalue weighted by atomic mass is 10.0. The number of nitrogens with zero attached hydrogens (tertiary/aromatic N) is 4. The highest BCUT2D eigenvalue weighted by molar-refractivity contribution is 6.29. The first-order valence-corrected chi connectivity index (χ1v) is 16.5. The first-order valence-electron chi connectivity index (χ1n) is 15.9. The van der Waals surface area contributed by atoms with Crippen molar-refractivity contribution in [3.63, 3.8) is 0 Å². The number of amides is 4. The lowest BCUT2D eigenvalue weighted by Crippen LogP contribution is -2.52. The molecule has 6 rings (SSSR count). The van der Waals surface area contributed by atoms with Gasteiger partial charge in [-0.1, -0.05) is 24.3 Å². The van der Waals surface area contributed by atoms with E-state index in [9.17, 15) is 28.4 Å². The van der Waals surface area contributed by atoms with Crippen LogP contribution >= 0.6 is 11.6 Å². The van der Waals surface area contributed by atoms with E-state index >= 15 is 0 Å². The zero-order valence-electron chi connectivity index (χ0n) is 26.5. The number of aromatic nitrogens is 2. The molecule has 1 fully saturated rings. The minimum Gasteiger partial charge on any atom is -0.484 e. The molecule has 4 amide bonds. The number of aryl methyl sites for hydroxylation is 1. The van der Waals surface area contributed by atoms with Crippen molar-refractivity contribution in [2.45, 2.75) is 19.3 Å². The third kappa shape index (κ3) is 7.56. The Balaban J connectivity index is 0.979. The van der Waals surface area contributed by atoms with Crippen LogP contribution in [0.1, 0.15) is 33.6 Å². The molecule has 0 aliphatic carbocycles. The highest BCUT2D eigenvalue weighted by atomic mass is 35.5. The zero-order valence-corrected chi connectivity index (χ0v) is 27.3. The average molecular weight is 689 g/mol. The number of halogens is 2. The minimum atomic E-state index is -0.657. The van der Waals surface area contributed by atoms with E-state index in [2.05, 4.69) is 15.5 Å². The molecule has 0 spiro atoms. The topological polar surface area (TPSA) is 145 Å². The lowest BCUT2D eigenvalue weighted by molar-refractivity contribution is -0.134. The van der Waals surface area contributed by atoms with Crippen LogP contribution in [0, 0.1) is 5.82 Å². The van der Waals surface area contributed by atoms with Gasteiger partial charge in [0.2, 0.25) is 11.8 Å². The quantitative estimate of drug-likeness (QED) is 0.257. The summed E-state index contributed by atoms with van der Waals surface area (Å²) < 4.78 is 20.5.